The Morgan fingerprint density at radius 1 is 0.717 bits per heavy atom. The molecule has 0 aromatic heterocycles. The van der Waals surface area contributed by atoms with Gasteiger partial charge in [-0.25, -0.2) is 0 Å². The first-order valence-corrected chi connectivity index (χ1v) is 20.9. The van der Waals surface area contributed by atoms with Gasteiger partial charge in [0.2, 0.25) is 0 Å². The third kappa shape index (κ3) is 7.42. The molecule has 0 spiro atoms. The lowest BCUT2D eigenvalue weighted by Gasteiger charge is -2.55. The SMILES string of the molecule is C[C@@H]1OC(O[C@@H]2C[C@H](c3ccc4c(c3O)C(=O)C3=C(C4=O)[C@@]4(OC5CC[C@H](O)[C@H](C)O5)C(=O)C[C@](C)(O)C[C@@]4(O)C=C3)O[C@H](C)C2O)CC[C@@H]1O[C@H]1C[C@@H](O)[C@H](O)[C@@H](C)O1. The van der Waals surface area contributed by atoms with Gasteiger partial charge in [-0.3, -0.25) is 14.4 Å². The molecule has 4 saturated heterocycles. The van der Waals surface area contributed by atoms with Crippen LogP contribution in [0.3, 0.4) is 0 Å². The Kier molecular flexibility index (Phi) is 11.6. The fourth-order valence-corrected chi connectivity index (χ4v) is 10.1. The fraction of sp³-hybridized carbons (Fsp3) is 0.698. The number of allylic oxidation sites excluding steroid dienone is 2. The van der Waals surface area contributed by atoms with Crippen molar-refractivity contribution < 1.29 is 83.3 Å². The molecule has 3 aliphatic carbocycles. The van der Waals surface area contributed by atoms with Gasteiger partial charge >= 0.3 is 0 Å². The van der Waals surface area contributed by atoms with Gasteiger partial charge in [-0.05, 0) is 59.6 Å². The molecule has 4 aliphatic heterocycles. The number of rotatable bonds is 7. The van der Waals surface area contributed by atoms with Crippen molar-refractivity contribution in [3.05, 3.63) is 52.1 Å². The van der Waals surface area contributed by atoms with Crippen LogP contribution in [0.1, 0.15) is 118 Å². The molecule has 7 aliphatic rings. The van der Waals surface area contributed by atoms with E-state index in [4.69, 9.17) is 33.2 Å². The second-order valence-corrected chi connectivity index (χ2v) is 17.9. The van der Waals surface area contributed by atoms with Crippen LogP contribution in [0.5, 0.6) is 5.75 Å². The number of ketones is 3. The average molecular weight is 845 g/mol. The molecule has 0 bridgehead atoms. The van der Waals surface area contributed by atoms with Gasteiger partial charge in [0.1, 0.15) is 23.6 Å². The van der Waals surface area contributed by atoms with Crippen molar-refractivity contribution in [2.45, 2.75) is 189 Å². The van der Waals surface area contributed by atoms with Crippen molar-refractivity contribution in [1.82, 2.24) is 0 Å². The Bertz CT molecular complexity index is 1930. The first kappa shape index (κ1) is 43.6. The molecular formula is C43H56O17. The van der Waals surface area contributed by atoms with Gasteiger partial charge in [0.25, 0.3) is 0 Å². The zero-order valence-electron chi connectivity index (χ0n) is 34.3. The second-order valence-electron chi connectivity index (χ2n) is 17.9. The Morgan fingerprint density at radius 2 is 1.38 bits per heavy atom. The largest absolute Gasteiger partial charge is 0.507 e. The van der Waals surface area contributed by atoms with Crippen LogP contribution in [0, 0.1) is 0 Å². The Morgan fingerprint density at radius 3 is 2.08 bits per heavy atom. The number of hydrogen-bond acceptors (Lipinski definition) is 17. The summed E-state index contributed by atoms with van der Waals surface area (Å²) < 4.78 is 42.7. The van der Waals surface area contributed by atoms with E-state index in [1.54, 1.807) is 20.8 Å². The molecule has 7 N–H and O–H groups in total. The summed E-state index contributed by atoms with van der Waals surface area (Å²) in [7, 11) is 0. The summed E-state index contributed by atoms with van der Waals surface area (Å²) in [4.78, 5) is 43.5. The van der Waals surface area contributed by atoms with E-state index in [1.165, 1.54) is 31.2 Å². The van der Waals surface area contributed by atoms with E-state index < -0.39 is 144 Å². The average Bonchev–Trinajstić information content (AvgIpc) is 3.17. The molecule has 17 atom stereocenters. The van der Waals surface area contributed by atoms with Crippen LogP contribution in [0.25, 0.3) is 0 Å². The molecule has 1 saturated carbocycles. The Balaban J connectivity index is 1.03. The van der Waals surface area contributed by atoms with E-state index in [9.17, 15) is 50.1 Å². The summed E-state index contributed by atoms with van der Waals surface area (Å²) in [6.45, 7) is 8.11. The third-order valence-corrected chi connectivity index (χ3v) is 13.3. The minimum Gasteiger partial charge on any atom is -0.507 e. The smallest absolute Gasteiger partial charge is 0.198 e. The van der Waals surface area contributed by atoms with E-state index in [2.05, 4.69) is 0 Å². The molecule has 330 valence electrons. The fourth-order valence-electron chi connectivity index (χ4n) is 10.1. The molecule has 8 rings (SSSR count). The molecule has 5 fully saturated rings. The first-order chi connectivity index (χ1) is 28.2. The molecule has 3 unspecified atom stereocenters. The van der Waals surface area contributed by atoms with Crippen molar-refractivity contribution in [2.24, 2.45) is 0 Å². The molecule has 17 nitrogen and oxygen atoms in total. The highest BCUT2D eigenvalue weighted by Crippen LogP contribution is 2.55. The summed E-state index contributed by atoms with van der Waals surface area (Å²) in [5.74, 6) is -3.03. The molecule has 1 aromatic rings. The number of hydrogen-bond donors (Lipinski definition) is 7. The maximum Gasteiger partial charge on any atom is 0.198 e. The Labute approximate surface area is 346 Å². The second kappa shape index (κ2) is 16.0. The molecule has 4 heterocycles. The van der Waals surface area contributed by atoms with E-state index in [-0.39, 0.29) is 47.9 Å². The highest BCUT2D eigenvalue weighted by molar-refractivity contribution is 6.32. The quantitative estimate of drug-likeness (QED) is 0.205. The van der Waals surface area contributed by atoms with Crippen LogP contribution in [-0.4, -0.2) is 150 Å². The standard InChI is InChI=1S/C43H56O17/c1-18-25(44)8-10-32(55-18)60-43-30(46)16-41(5,52)17-42(43,53)13-12-24-35(43)40(51)23-7-6-22(38(49)34(23)39(24)50)28-15-29(37(48)21(4)54-28)59-31-11-9-27(19(2)56-31)58-33-14-26(45)36(47)20(3)57-33/h6-7,12-13,18-21,25-29,31-33,36-37,44-45,47-49,52-53H,8-11,14-17H2,1-5H3/t18-,19-,20+,21+,25-,26+,27-,28+,29+,31?,32?,33-,36+,37?,41-,42-,43-/m0/s1. The maximum absolute atomic E-state index is 14.7. The van der Waals surface area contributed by atoms with Crippen molar-refractivity contribution in [2.75, 3.05) is 0 Å². The van der Waals surface area contributed by atoms with Crippen LogP contribution in [-0.2, 0) is 38.0 Å². The van der Waals surface area contributed by atoms with Crippen molar-refractivity contribution >= 4 is 17.3 Å². The van der Waals surface area contributed by atoms with Gasteiger partial charge in [0.05, 0.1) is 71.7 Å². The number of benzene rings is 1. The van der Waals surface area contributed by atoms with Crippen molar-refractivity contribution in [1.29, 1.82) is 0 Å². The monoisotopic (exact) mass is 844 g/mol. The first-order valence-electron chi connectivity index (χ1n) is 20.9. The number of aromatic hydroxyl groups is 1. The highest BCUT2D eigenvalue weighted by Gasteiger charge is 2.69. The van der Waals surface area contributed by atoms with Gasteiger partial charge < -0.3 is 68.9 Å². The zero-order valence-corrected chi connectivity index (χ0v) is 34.3. The van der Waals surface area contributed by atoms with Crippen LogP contribution < -0.4 is 0 Å². The lowest BCUT2D eigenvalue weighted by atomic mass is 9.57. The van der Waals surface area contributed by atoms with E-state index in [1.807, 2.05) is 6.92 Å². The molecule has 17 heteroatoms. The number of carbonyl (C=O) groups excluding carboxylic acids is 3. The van der Waals surface area contributed by atoms with Gasteiger partial charge in [-0.2, -0.15) is 0 Å². The minimum atomic E-state index is -2.47. The zero-order chi connectivity index (χ0) is 43.2. The summed E-state index contributed by atoms with van der Waals surface area (Å²) in [5, 5.41) is 76.8. The molecule has 1 aromatic carbocycles. The predicted octanol–water partition coefficient (Wildman–Crippen LogP) is 1.49. The number of aliphatic hydroxyl groups is 6. The number of Topliss-reactive ketones (excluding diaryl/α,β-unsaturated/α-hetero) is 3. The summed E-state index contributed by atoms with van der Waals surface area (Å²) in [5.41, 5.74) is -7.56. The van der Waals surface area contributed by atoms with Crippen LogP contribution in [0.15, 0.2) is 35.4 Å². The minimum absolute atomic E-state index is 0.0307. The topological polar surface area (TPSA) is 257 Å². The van der Waals surface area contributed by atoms with Gasteiger partial charge in [0, 0.05) is 55.2 Å². The number of phenols is 1. The number of aliphatic hydroxyl groups excluding tert-OH is 4. The third-order valence-electron chi connectivity index (χ3n) is 13.3. The number of ether oxygens (including phenoxy) is 7. The lowest BCUT2D eigenvalue weighted by Crippen LogP contribution is -2.71. The summed E-state index contributed by atoms with van der Waals surface area (Å²) in [6.07, 6.45) is -8.39. The van der Waals surface area contributed by atoms with Crippen LogP contribution in [0.4, 0.5) is 0 Å². The van der Waals surface area contributed by atoms with E-state index >= 15 is 0 Å². The van der Waals surface area contributed by atoms with E-state index in [0.29, 0.717) is 12.8 Å². The van der Waals surface area contributed by atoms with E-state index in [0.717, 1.165) is 0 Å². The molecule has 60 heavy (non-hydrogen) atoms. The lowest BCUT2D eigenvalue weighted by molar-refractivity contribution is -0.306. The van der Waals surface area contributed by atoms with Gasteiger partial charge in [-0.15, -0.1) is 0 Å². The maximum atomic E-state index is 14.7. The van der Waals surface area contributed by atoms with Crippen LogP contribution in [0.2, 0.25) is 0 Å². The number of carbonyl (C=O) groups is 3. The molecule has 0 radical (unpaired) electrons. The normalized spacial score (nSPS) is 45.9. The Hall–Kier alpha value is -3.01. The van der Waals surface area contributed by atoms with Gasteiger partial charge in [-0.1, -0.05) is 12.1 Å². The number of fused-ring (bicyclic) bond motifs is 3. The number of phenolic OH excluding ortho intramolecular Hbond substituents is 1. The summed E-state index contributed by atoms with van der Waals surface area (Å²) in [6, 6.07) is 2.78. The van der Waals surface area contributed by atoms with Crippen molar-refractivity contribution in [3.8, 4) is 5.75 Å². The van der Waals surface area contributed by atoms with Gasteiger partial charge in [0.15, 0.2) is 41.8 Å². The molecular weight excluding hydrogens is 788 g/mol. The summed E-state index contributed by atoms with van der Waals surface area (Å²) >= 11 is 0. The predicted molar refractivity (Wildman–Crippen MR) is 204 cm³/mol. The molecule has 0 amide bonds. The van der Waals surface area contributed by atoms with Crippen molar-refractivity contribution in [3.63, 3.8) is 0 Å². The highest BCUT2D eigenvalue weighted by atomic mass is 16.7. The van der Waals surface area contributed by atoms with Crippen LogP contribution >= 0.6 is 0 Å².